The van der Waals surface area contributed by atoms with Gasteiger partial charge in [0.15, 0.2) is 0 Å². The van der Waals surface area contributed by atoms with Gasteiger partial charge in [0.25, 0.3) is 0 Å². The molecule has 0 aliphatic rings. The van der Waals surface area contributed by atoms with Crippen LogP contribution in [0.3, 0.4) is 0 Å². The zero-order valence-electron chi connectivity index (χ0n) is 12.6. The number of carbonyl (C=O) groups excluding carboxylic acids is 1. The average Bonchev–Trinajstić information content (AvgIpc) is 2.44. The molecule has 0 aliphatic heterocycles. The molecule has 0 atom stereocenters. The van der Waals surface area contributed by atoms with Crippen molar-refractivity contribution in [3.8, 4) is 5.75 Å². The Kier molecular flexibility index (Phi) is 7.71. The quantitative estimate of drug-likeness (QED) is 0.529. The van der Waals surface area contributed by atoms with Gasteiger partial charge in [-0.3, -0.25) is 9.69 Å². The maximum absolute atomic E-state index is 11.4. The third-order valence-electron chi connectivity index (χ3n) is 2.88. The van der Waals surface area contributed by atoms with Crippen molar-refractivity contribution in [3.63, 3.8) is 0 Å². The number of carbonyl (C=O) groups is 1. The molecule has 1 aromatic carbocycles. The molecule has 21 heavy (non-hydrogen) atoms. The molecule has 0 unspecified atom stereocenters. The number of ether oxygens (including phenoxy) is 1. The van der Waals surface area contributed by atoms with Crippen LogP contribution in [0.1, 0.15) is 18.9 Å². The highest BCUT2D eigenvalue weighted by atomic mass is 32.1. The summed E-state index contributed by atoms with van der Waals surface area (Å²) in [6.07, 6.45) is 0.821. The lowest BCUT2D eigenvalue weighted by Gasteiger charge is -2.16. The van der Waals surface area contributed by atoms with Gasteiger partial charge in [-0.15, -0.1) is 0 Å². The molecule has 0 aromatic heterocycles. The molecule has 116 valence electrons. The Hall–Kier alpha value is -1.66. The van der Waals surface area contributed by atoms with Crippen molar-refractivity contribution in [1.82, 2.24) is 10.2 Å². The van der Waals surface area contributed by atoms with Crippen molar-refractivity contribution in [2.24, 2.45) is 5.73 Å². The van der Waals surface area contributed by atoms with E-state index in [2.05, 4.69) is 5.32 Å². The molecular weight excluding hydrogens is 286 g/mol. The van der Waals surface area contributed by atoms with Crippen molar-refractivity contribution < 1.29 is 9.53 Å². The summed E-state index contributed by atoms with van der Waals surface area (Å²) in [5.41, 5.74) is 6.40. The molecule has 1 rings (SSSR count). The fraction of sp³-hybridized carbons (Fsp3) is 0.467. The molecule has 0 saturated heterocycles. The molecule has 0 fully saturated rings. The van der Waals surface area contributed by atoms with Crippen LogP contribution in [0.25, 0.3) is 0 Å². The molecule has 0 aliphatic carbocycles. The SMILES string of the molecule is CCNC(=O)CN(C)CCCOc1ccccc1C(N)=S. The largest absolute Gasteiger partial charge is 0.493 e. The van der Waals surface area contributed by atoms with Crippen LogP contribution in [-0.4, -0.2) is 49.1 Å². The number of likely N-dealkylation sites (N-methyl/N-ethyl adjacent to an activating group) is 2. The second-order valence-corrected chi connectivity index (χ2v) is 5.19. The number of hydrogen-bond donors (Lipinski definition) is 2. The van der Waals surface area contributed by atoms with Gasteiger partial charge in [-0.2, -0.15) is 0 Å². The topological polar surface area (TPSA) is 67.6 Å². The lowest BCUT2D eigenvalue weighted by molar-refractivity contribution is -0.121. The number of nitrogens with two attached hydrogens (primary N) is 1. The average molecular weight is 309 g/mol. The minimum absolute atomic E-state index is 0.0414. The zero-order chi connectivity index (χ0) is 15.7. The third-order valence-corrected chi connectivity index (χ3v) is 3.10. The Morgan fingerprint density at radius 3 is 2.81 bits per heavy atom. The van der Waals surface area contributed by atoms with E-state index in [0.717, 1.165) is 18.5 Å². The van der Waals surface area contributed by atoms with Gasteiger partial charge in [0.1, 0.15) is 10.7 Å². The summed E-state index contributed by atoms with van der Waals surface area (Å²) in [7, 11) is 1.91. The number of nitrogens with one attached hydrogen (secondary N) is 1. The molecule has 0 radical (unpaired) electrons. The number of hydrogen-bond acceptors (Lipinski definition) is 4. The lowest BCUT2D eigenvalue weighted by Crippen LogP contribution is -2.35. The highest BCUT2D eigenvalue weighted by Gasteiger charge is 2.07. The van der Waals surface area contributed by atoms with Gasteiger partial charge >= 0.3 is 0 Å². The molecule has 0 spiro atoms. The van der Waals surface area contributed by atoms with Crippen molar-refractivity contribution in [3.05, 3.63) is 29.8 Å². The Morgan fingerprint density at radius 2 is 2.14 bits per heavy atom. The molecule has 5 nitrogen and oxygen atoms in total. The van der Waals surface area contributed by atoms with Crippen LogP contribution in [0.5, 0.6) is 5.75 Å². The van der Waals surface area contributed by atoms with Crippen LogP contribution >= 0.6 is 12.2 Å². The number of rotatable bonds is 9. The highest BCUT2D eigenvalue weighted by Crippen LogP contribution is 2.17. The number of para-hydroxylation sites is 1. The number of nitrogens with zero attached hydrogens (tertiary/aromatic N) is 1. The van der Waals surface area contributed by atoms with Crippen molar-refractivity contribution in [2.75, 3.05) is 33.3 Å². The van der Waals surface area contributed by atoms with Gasteiger partial charge in [-0.25, -0.2) is 0 Å². The van der Waals surface area contributed by atoms with E-state index in [9.17, 15) is 4.79 Å². The van der Waals surface area contributed by atoms with Crippen LogP contribution in [0.15, 0.2) is 24.3 Å². The Bertz CT molecular complexity index is 480. The van der Waals surface area contributed by atoms with E-state index >= 15 is 0 Å². The van der Waals surface area contributed by atoms with E-state index in [4.69, 9.17) is 22.7 Å². The number of benzene rings is 1. The smallest absolute Gasteiger partial charge is 0.234 e. The molecule has 1 aromatic rings. The van der Waals surface area contributed by atoms with E-state index in [1.165, 1.54) is 0 Å². The summed E-state index contributed by atoms with van der Waals surface area (Å²) >= 11 is 4.99. The van der Waals surface area contributed by atoms with Crippen LogP contribution < -0.4 is 15.8 Å². The molecule has 0 heterocycles. The molecule has 3 N–H and O–H groups in total. The monoisotopic (exact) mass is 309 g/mol. The van der Waals surface area contributed by atoms with E-state index in [1.807, 2.05) is 43.1 Å². The van der Waals surface area contributed by atoms with Crippen LogP contribution in [-0.2, 0) is 4.79 Å². The summed E-state index contributed by atoms with van der Waals surface area (Å²) < 4.78 is 5.71. The summed E-state index contributed by atoms with van der Waals surface area (Å²) in [6.45, 7) is 4.31. The molecule has 0 bridgehead atoms. The van der Waals surface area contributed by atoms with Gasteiger partial charge in [0.05, 0.1) is 18.7 Å². The first-order valence-corrected chi connectivity index (χ1v) is 7.42. The number of thiocarbonyl (C=S) groups is 1. The van der Waals surface area contributed by atoms with E-state index in [1.54, 1.807) is 0 Å². The first kappa shape index (κ1) is 17.4. The van der Waals surface area contributed by atoms with Gasteiger partial charge < -0.3 is 15.8 Å². The summed E-state index contributed by atoms with van der Waals surface area (Å²) in [5.74, 6) is 0.746. The molecular formula is C15H23N3O2S. The van der Waals surface area contributed by atoms with Crippen molar-refractivity contribution in [1.29, 1.82) is 0 Å². The Balaban J connectivity index is 2.31. The van der Waals surface area contributed by atoms with E-state index in [0.29, 0.717) is 30.4 Å². The third kappa shape index (κ3) is 6.55. The summed E-state index contributed by atoms with van der Waals surface area (Å²) in [4.78, 5) is 13.7. The van der Waals surface area contributed by atoms with E-state index < -0.39 is 0 Å². The first-order chi connectivity index (χ1) is 10.0. The minimum Gasteiger partial charge on any atom is -0.493 e. The lowest BCUT2D eigenvalue weighted by atomic mass is 10.2. The first-order valence-electron chi connectivity index (χ1n) is 7.01. The van der Waals surface area contributed by atoms with Crippen LogP contribution in [0, 0.1) is 0 Å². The second-order valence-electron chi connectivity index (χ2n) is 4.75. The summed E-state index contributed by atoms with van der Waals surface area (Å²) in [5, 5.41) is 2.77. The number of amides is 1. The van der Waals surface area contributed by atoms with Crippen molar-refractivity contribution in [2.45, 2.75) is 13.3 Å². The molecule has 6 heteroatoms. The molecule has 1 amide bonds. The molecule has 0 saturated carbocycles. The van der Waals surface area contributed by atoms with Crippen molar-refractivity contribution >= 4 is 23.1 Å². The Morgan fingerprint density at radius 1 is 1.43 bits per heavy atom. The van der Waals surface area contributed by atoms with Crippen LogP contribution in [0.4, 0.5) is 0 Å². The minimum atomic E-state index is 0.0414. The van der Waals surface area contributed by atoms with Gasteiger partial charge in [0, 0.05) is 13.1 Å². The predicted molar refractivity (Wildman–Crippen MR) is 88.6 cm³/mol. The van der Waals surface area contributed by atoms with Gasteiger partial charge in [-0.05, 0) is 32.5 Å². The van der Waals surface area contributed by atoms with E-state index in [-0.39, 0.29) is 5.91 Å². The second kappa shape index (κ2) is 9.31. The highest BCUT2D eigenvalue weighted by molar-refractivity contribution is 7.80. The zero-order valence-corrected chi connectivity index (χ0v) is 13.4. The maximum atomic E-state index is 11.4. The predicted octanol–water partition coefficient (Wildman–Crippen LogP) is 1.16. The fourth-order valence-corrected chi connectivity index (χ4v) is 2.06. The van der Waals surface area contributed by atoms with Gasteiger partial charge in [-0.1, -0.05) is 24.4 Å². The Labute approximate surface area is 131 Å². The normalized spacial score (nSPS) is 10.4. The van der Waals surface area contributed by atoms with Crippen LogP contribution in [0.2, 0.25) is 0 Å². The standard InChI is InChI=1S/C15H23N3O2S/c1-3-17-14(19)11-18(2)9-6-10-20-13-8-5-4-7-12(13)15(16)21/h4-5,7-8H,3,6,9-11H2,1-2H3,(H2,16,21)(H,17,19). The fourth-order valence-electron chi connectivity index (χ4n) is 1.89. The van der Waals surface area contributed by atoms with Gasteiger partial charge in [0.2, 0.25) is 5.91 Å². The summed E-state index contributed by atoms with van der Waals surface area (Å²) in [6, 6.07) is 7.46. The maximum Gasteiger partial charge on any atom is 0.234 e.